The van der Waals surface area contributed by atoms with E-state index in [1.165, 1.54) is 7.11 Å². The van der Waals surface area contributed by atoms with E-state index in [4.69, 9.17) is 9.47 Å². The molecule has 0 spiro atoms. The lowest BCUT2D eigenvalue weighted by Crippen LogP contribution is -2.59. The van der Waals surface area contributed by atoms with E-state index in [0.717, 1.165) is 12.1 Å². The molecule has 4 rings (SSSR count). The molecule has 11 heteroatoms. The summed E-state index contributed by atoms with van der Waals surface area (Å²) in [6.07, 6.45) is 0.824. The highest BCUT2D eigenvalue weighted by atomic mass is 19.2. The van der Waals surface area contributed by atoms with E-state index in [2.05, 4.69) is 20.6 Å². The normalized spacial score (nSPS) is 24.5. The predicted octanol–water partition coefficient (Wildman–Crippen LogP) is 3.02. The van der Waals surface area contributed by atoms with Crippen LogP contribution < -0.4 is 20.3 Å². The topological polar surface area (TPSA) is 88.6 Å². The van der Waals surface area contributed by atoms with E-state index < -0.39 is 23.0 Å². The molecule has 1 aliphatic heterocycles. The lowest BCUT2D eigenvalue weighted by atomic mass is 9.89. The monoisotopic (exact) mass is 451 g/mol. The number of likely N-dealkylation sites (N-methyl/N-ethyl adjacent to an activating group) is 1. The number of amides is 1. The average Bonchev–Trinajstić information content (AvgIpc) is 2.70. The Morgan fingerprint density at radius 2 is 1.91 bits per heavy atom. The summed E-state index contributed by atoms with van der Waals surface area (Å²) in [5.74, 6) is -3.38. The van der Waals surface area contributed by atoms with Crippen LogP contribution in [0.1, 0.15) is 25.5 Å². The first-order valence-corrected chi connectivity index (χ1v) is 10.1. The van der Waals surface area contributed by atoms with Crippen molar-refractivity contribution in [3.63, 3.8) is 0 Å². The minimum Gasteiger partial charge on any atom is -0.490 e. The van der Waals surface area contributed by atoms with Crippen molar-refractivity contribution in [2.24, 2.45) is 0 Å². The smallest absolute Gasteiger partial charge is 0.252 e. The quantitative estimate of drug-likeness (QED) is 0.653. The van der Waals surface area contributed by atoms with Crippen LogP contribution in [0.4, 0.5) is 30.6 Å². The van der Waals surface area contributed by atoms with Crippen LogP contribution in [-0.4, -0.2) is 54.3 Å². The SMILES string of the molecule is COCC1(C)C(=O)Nc2c(C)nc(NC3CC(Oc4cc(F)c(F)c(F)c4)C3)nc2N1C. The second-order valence-corrected chi connectivity index (χ2v) is 8.30. The number of hydrogen-bond donors (Lipinski definition) is 2. The molecule has 2 N–H and O–H groups in total. The van der Waals surface area contributed by atoms with Gasteiger partial charge in [-0.3, -0.25) is 4.79 Å². The maximum atomic E-state index is 13.3. The minimum absolute atomic E-state index is 0.0126. The van der Waals surface area contributed by atoms with E-state index in [9.17, 15) is 18.0 Å². The van der Waals surface area contributed by atoms with Gasteiger partial charge in [-0.05, 0) is 13.8 Å². The van der Waals surface area contributed by atoms with Crippen LogP contribution in [-0.2, 0) is 9.53 Å². The number of carbonyl (C=O) groups excluding carboxylic acids is 1. The van der Waals surface area contributed by atoms with Crippen LogP contribution in [0.15, 0.2) is 12.1 Å². The fourth-order valence-corrected chi connectivity index (χ4v) is 3.84. The van der Waals surface area contributed by atoms with Crippen molar-refractivity contribution < 1.29 is 27.4 Å². The number of hydrogen-bond acceptors (Lipinski definition) is 7. The van der Waals surface area contributed by atoms with Gasteiger partial charge in [-0.2, -0.15) is 4.98 Å². The molecular formula is C21H24F3N5O3. The van der Waals surface area contributed by atoms with Gasteiger partial charge in [-0.1, -0.05) is 0 Å². The number of rotatable bonds is 6. The number of halogens is 3. The number of nitrogens with zero attached hydrogens (tertiary/aromatic N) is 3. The average molecular weight is 451 g/mol. The zero-order valence-electron chi connectivity index (χ0n) is 18.1. The van der Waals surface area contributed by atoms with Gasteiger partial charge >= 0.3 is 0 Å². The molecular weight excluding hydrogens is 427 g/mol. The fraction of sp³-hybridized carbons (Fsp3) is 0.476. The lowest BCUT2D eigenvalue weighted by Gasteiger charge is -2.42. The molecule has 1 atom stereocenters. The van der Waals surface area contributed by atoms with Crippen molar-refractivity contribution in [1.82, 2.24) is 9.97 Å². The van der Waals surface area contributed by atoms with E-state index in [1.807, 2.05) is 0 Å². The highest BCUT2D eigenvalue weighted by Crippen LogP contribution is 2.37. The molecule has 1 amide bonds. The van der Waals surface area contributed by atoms with Gasteiger partial charge in [0.1, 0.15) is 23.1 Å². The van der Waals surface area contributed by atoms with Crippen molar-refractivity contribution in [3.8, 4) is 5.75 Å². The van der Waals surface area contributed by atoms with Crippen LogP contribution in [0.3, 0.4) is 0 Å². The second kappa shape index (κ2) is 8.12. The number of benzene rings is 1. The summed E-state index contributed by atoms with van der Waals surface area (Å²) in [5.41, 5.74) is 0.239. The molecule has 0 radical (unpaired) electrons. The van der Waals surface area contributed by atoms with Crippen molar-refractivity contribution in [3.05, 3.63) is 35.3 Å². The summed E-state index contributed by atoms with van der Waals surface area (Å²) >= 11 is 0. The fourth-order valence-electron chi connectivity index (χ4n) is 3.84. The van der Waals surface area contributed by atoms with Crippen molar-refractivity contribution in [2.45, 2.75) is 44.4 Å². The van der Waals surface area contributed by atoms with E-state index in [0.29, 0.717) is 36.0 Å². The number of ether oxygens (including phenoxy) is 2. The molecule has 1 aliphatic carbocycles. The summed E-state index contributed by atoms with van der Waals surface area (Å²) in [4.78, 5) is 23.4. The maximum Gasteiger partial charge on any atom is 0.252 e. The van der Waals surface area contributed by atoms with Gasteiger partial charge in [0.05, 0.1) is 12.3 Å². The Hall–Kier alpha value is -3.08. The number of carbonyl (C=O) groups is 1. The number of fused-ring (bicyclic) bond motifs is 1. The molecule has 1 fully saturated rings. The van der Waals surface area contributed by atoms with Crippen molar-refractivity contribution >= 4 is 23.4 Å². The van der Waals surface area contributed by atoms with Crippen LogP contribution in [0.25, 0.3) is 0 Å². The summed E-state index contributed by atoms with van der Waals surface area (Å²) in [7, 11) is 3.31. The zero-order valence-corrected chi connectivity index (χ0v) is 18.1. The lowest BCUT2D eigenvalue weighted by molar-refractivity contribution is -0.122. The molecule has 2 heterocycles. The molecule has 1 aromatic carbocycles. The first-order chi connectivity index (χ1) is 15.1. The number of anilines is 3. The van der Waals surface area contributed by atoms with Gasteiger partial charge < -0.3 is 25.0 Å². The first-order valence-electron chi connectivity index (χ1n) is 10.1. The molecule has 0 saturated heterocycles. The molecule has 32 heavy (non-hydrogen) atoms. The van der Waals surface area contributed by atoms with Crippen LogP contribution in [0.5, 0.6) is 5.75 Å². The van der Waals surface area contributed by atoms with Crippen LogP contribution in [0, 0.1) is 24.4 Å². The van der Waals surface area contributed by atoms with Gasteiger partial charge in [0, 0.05) is 45.2 Å². The minimum atomic E-state index is -1.52. The zero-order chi connectivity index (χ0) is 23.2. The Morgan fingerprint density at radius 1 is 1.25 bits per heavy atom. The number of aryl methyl sites for hydroxylation is 1. The third-order valence-electron chi connectivity index (χ3n) is 5.97. The van der Waals surface area contributed by atoms with Crippen LogP contribution >= 0.6 is 0 Å². The van der Waals surface area contributed by atoms with Gasteiger partial charge in [-0.15, -0.1) is 0 Å². The first kappa shape index (κ1) is 22.1. The van der Waals surface area contributed by atoms with Gasteiger partial charge in [0.2, 0.25) is 5.95 Å². The molecule has 1 unspecified atom stereocenters. The number of methoxy groups -OCH3 is 1. The maximum absolute atomic E-state index is 13.3. The van der Waals surface area contributed by atoms with E-state index in [1.54, 1.807) is 25.8 Å². The molecule has 1 aromatic heterocycles. The van der Waals surface area contributed by atoms with Gasteiger partial charge in [0.25, 0.3) is 5.91 Å². The third kappa shape index (κ3) is 3.81. The summed E-state index contributed by atoms with van der Waals surface area (Å²) < 4.78 is 50.5. The molecule has 2 aliphatic rings. The van der Waals surface area contributed by atoms with Crippen molar-refractivity contribution in [2.75, 3.05) is 36.3 Å². The Morgan fingerprint density at radius 3 is 2.53 bits per heavy atom. The number of nitrogens with one attached hydrogen (secondary N) is 2. The van der Waals surface area contributed by atoms with Gasteiger partial charge in [0.15, 0.2) is 23.3 Å². The summed E-state index contributed by atoms with van der Waals surface area (Å²) in [5, 5.41) is 6.10. The Kier molecular flexibility index (Phi) is 5.61. The molecule has 172 valence electrons. The predicted molar refractivity (Wildman–Crippen MR) is 111 cm³/mol. The second-order valence-electron chi connectivity index (χ2n) is 8.30. The Balaban J connectivity index is 1.43. The number of aromatic nitrogens is 2. The largest absolute Gasteiger partial charge is 0.490 e. The van der Waals surface area contributed by atoms with Crippen molar-refractivity contribution in [1.29, 1.82) is 0 Å². The Labute approximate surface area is 183 Å². The van der Waals surface area contributed by atoms with Gasteiger partial charge in [-0.25, -0.2) is 18.2 Å². The highest BCUT2D eigenvalue weighted by Gasteiger charge is 2.44. The van der Waals surface area contributed by atoms with Crippen LogP contribution in [0.2, 0.25) is 0 Å². The molecule has 2 aromatic rings. The standard InChI is InChI=1S/C21H24F3N5O3/c1-10-17-18(29(3)21(2,9-31-4)19(30)27-17)28-20(25-10)26-11-5-12(6-11)32-13-7-14(22)16(24)15(23)8-13/h7-8,11-12H,5-6,9H2,1-4H3,(H,27,30)(H,25,26,28). The third-order valence-corrected chi connectivity index (χ3v) is 5.97. The summed E-state index contributed by atoms with van der Waals surface area (Å²) in [6, 6.07) is 1.65. The summed E-state index contributed by atoms with van der Waals surface area (Å²) in [6.45, 7) is 3.74. The Bertz CT molecular complexity index is 1040. The highest BCUT2D eigenvalue weighted by molar-refractivity contribution is 6.06. The molecule has 8 nitrogen and oxygen atoms in total. The molecule has 0 bridgehead atoms. The van der Waals surface area contributed by atoms with E-state index in [-0.39, 0.29) is 30.4 Å². The van der Waals surface area contributed by atoms with E-state index >= 15 is 0 Å². The molecule has 1 saturated carbocycles.